The largest absolute Gasteiger partial charge is 0.366 e. The van der Waals surface area contributed by atoms with Crippen LogP contribution in [-0.2, 0) is 9.53 Å². The molecule has 0 radical (unpaired) electrons. The molecule has 2 aliphatic rings. The fourth-order valence-corrected chi connectivity index (χ4v) is 3.16. The van der Waals surface area contributed by atoms with Crippen molar-refractivity contribution in [2.24, 2.45) is 5.92 Å². The zero-order chi connectivity index (χ0) is 16.3. The second-order valence-corrected chi connectivity index (χ2v) is 7.44. The second kappa shape index (κ2) is 6.95. The second-order valence-electron chi connectivity index (χ2n) is 7.44. The molecule has 1 fully saturated rings. The minimum atomic E-state index is -0.242. The highest BCUT2D eigenvalue weighted by Gasteiger charge is 2.52. The Kier molecular flexibility index (Phi) is 5.44. The van der Waals surface area contributed by atoms with Gasteiger partial charge >= 0.3 is 0 Å². The van der Waals surface area contributed by atoms with Gasteiger partial charge in [-0.05, 0) is 57.9 Å². The van der Waals surface area contributed by atoms with Crippen molar-refractivity contribution in [1.82, 2.24) is 0 Å². The van der Waals surface area contributed by atoms with Crippen LogP contribution in [0.15, 0.2) is 34.9 Å². The smallest absolute Gasteiger partial charge is 0.162 e. The van der Waals surface area contributed by atoms with Crippen molar-refractivity contribution in [2.45, 2.75) is 78.4 Å². The molecule has 0 aromatic rings. The zero-order valence-electron chi connectivity index (χ0n) is 14.7. The van der Waals surface area contributed by atoms with Crippen molar-refractivity contribution in [3.8, 4) is 0 Å². The molecule has 122 valence electrons. The van der Waals surface area contributed by atoms with E-state index in [4.69, 9.17) is 4.74 Å². The Labute approximate surface area is 135 Å². The Morgan fingerprint density at radius 1 is 1.18 bits per heavy atom. The maximum atomic E-state index is 12.6. The number of ether oxygens (including phenoxy) is 1. The van der Waals surface area contributed by atoms with Gasteiger partial charge in [0.05, 0.1) is 11.7 Å². The summed E-state index contributed by atoms with van der Waals surface area (Å²) >= 11 is 0. The summed E-state index contributed by atoms with van der Waals surface area (Å²) in [6, 6.07) is 0. The Morgan fingerprint density at radius 2 is 1.91 bits per heavy atom. The van der Waals surface area contributed by atoms with Crippen molar-refractivity contribution in [1.29, 1.82) is 0 Å². The first kappa shape index (κ1) is 17.2. The quantitative estimate of drug-likeness (QED) is 0.495. The molecule has 1 saturated heterocycles. The summed E-state index contributed by atoms with van der Waals surface area (Å²) in [5.41, 5.74) is 3.46. The van der Waals surface area contributed by atoms with Gasteiger partial charge in [-0.2, -0.15) is 0 Å². The van der Waals surface area contributed by atoms with Crippen molar-refractivity contribution >= 4 is 5.78 Å². The van der Waals surface area contributed by atoms with Crippen LogP contribution in [-0.4, -0.2) is 17.5 Å². The van der Waals surface area contributed by atoms with E-state index < -0.39 is 0 Å². The lowest BCUT2D eigenvalue weighted by Crippen LogP contribution is -2.19. The van der Waals surface area contributed by atoms with Crippen molar-refractivity contribution in [3.63, 3.8) is 0 Å². The summed E-state index contributed by atoms with van der Waals surface area (Å²) in [5, 5.41) is 0. The van der Waals surface area contributed by atoms with Crippen LogP contribution in [0.5, 0.6) is 0 Å². The number of hydrogen-bond donors (Lipinski definition) is 0. The molecule has 0 aromatic heterocycles. The molecule has 0 N–H and O–H groups in total. The molecule has 2 nitrogen and oxygen atoms in total. The van der Waals surface area contributed by atoms with Crippen LogP contribution in [0.3, 0.4) is 0 Å². The SMILES string of the molecule is C/C1=C\C=C(\C(C)C)C(=O)C[C@@]2(C)O[C@H]2CC/C(C)=C/CC1. The van der Waals surface area contributed by atoms with Crippen LogP contribution in [0.25, 0.3) is 0 Å². The molecule has 0 aromatic carbocycles. The third-order valence-corrected chi connectivity index (χ3v) is 4.87. The molecular formula is C20H30O2. The maximum Gasteiger partial charge on any atom is 0.162 e. The monoisotopic (exact) mass is 302 g/mol. The summed E-state index contributed by atoms with van der Waals surface area (Å²) in [6.45, 7) is 10.6. The Morgan fingerprint density at radius 3 is 2.59 bits per heavy atom. The first-order valence-corrected chi connectivity index (χ1v) is 8.56. The zero-order valence-corrected chi connectivity index (χ0v) is 14.7. The van der Waals surface area contributed by atoms with E-state index in [9.17, 15) is 4.79 Å². The maximum absolute atomic E-state index is 12.6. The first-order valence-electron chi connectivity index (χ1n) is 8.56. The molecule has 0 bridgehead atoms. The van der Waals surface area contributed by atoms with Gasteiger partial charge in [-0.3, -0.25) is 4.79 Å². The summed E-state index contributed by atoms with van der Waals surface area (Å²) < 4.78 is 5.86. The van der Waals surface area contributed by atoms with Crippen LogP contribution in [0.2, 0.25) is 0 Å². The molecular weight excluding hydrogens is 272 g/mol. The molecule has 1 heterocycles. The molecule has 2 atom stereocenters. The molecule has 2 heteroatoms. The van der Waals surface area contributed by atoms with Crippen LogP contribution in [0.1, 0.15) is 66.7 Å². The predicted octanol–water partition coefficient (Wildman–Crippen LogP) is 5.15. The van der Waals surface area contributed by atoms with Crippen LogP contribution >= 0.6 is 0 Å². The van der Waals surface area contributed by atoms with E-state index in [2.05, 4.69) is 46.8 Å². The number of carbonyl (C=O) groups excluding carboxylic acids is 1. The highest BCUT2D eigenvalue weighted by atomic mass is 16.6. The normalized spacial score (nSPS) is 38.0. The first-order chi connectivity index (χ1) is 10.3. The van der Waals surface area contributed by atoms with Crippen LogP contribution in [0.4, 0.5) is 0 Å². The van der Waals surface area contributed by atoms with Crippen molar-refractivity contribution in [3.05, 3.63) is 34.9 Å². The van der Waals surface area contributed by atoms with E-state index >= 15 is 0 Å². The van der Waals surface area contributed by atoms with E-state index in [1.807, 2.05) is 6.08 Å². The molecule has 0 spiro atoms. The van der Waals surface area contributed by atoms with Gasteiger partial charge in [-0.1, -0.05) is 43.2 Å². The van der Waals surface area contributed by atoms with Gasteiger partial charge in [0.2, 0.25) is 0 Å². The lowest BCUT2D eigenvalue weighted by Gasteiger charge is -2.13. The topological polar surface area (TPSA) is 29.6 Å². The van der Waals surface area contributed by atoms with Crippen LogP contribution < -0.4 is 0 Å². The fraction of sp³-hybridized carbons (Fsp3) is 0.650. The average molecular weight is 302 g/mol. The lowest BCUT2D eigenvalue weighted by molar-refractivity contribution is -0.117. The number of carbonyl (C=O) groups is 1. The number of allylic oxidation sites excluding steroid dienone is 6. The van der Waals surface area contributed by atoms with Gasteiger partial charge in [0, 0.05) is 6.42 Å². The van der Waals surface area contributed by atoms with Gasteiger partial charge in [-0.15, -0.1) is 0 Å². The Hall–Kier alpha value is -1.15. The van der Waals surface area contributed by atoms with E-state index in [1.54, 1.807) is 0 Å². The average Bonchev–Trinajstić information content (AvgIpc) is 3.05. The number of hydrogen-bond acceptors (Lipinski definition) is 2. The predicted molar refractivity (Wildman–Crippen MR) is 91.8 cm³/mol. The third kappa shape index (κ3) is 4.42. The van der Waals surface area contributed by atoms with E-state index in [-0.39, 0.29) is 23.4 Å². The highest BCUT2D eigenvalue weighted by Crippen LogP contribution is 2.43. The minimum absolute atomic E-state index is 0.242. The molecule has 0 unspecified atom stereocenters. The number of ketones is 1. The fourth-order valence-electron chi connectivity index (χ4n) is 3.16. The molecule has 22 heavy (non-hydrogen) atoms. The summed E-state index contributed by atoms with van der Waals surface area (Å²) in [5.74, 6) is 0.501. The van der Waals surface area contributed by atoms with Gasteiger partial charge in [-0.25, -0.2) is 0 Å². The minimum Gasteiger partial charge on any atom is -0.366 e. The standard InChI is InChI=1S/C20H30O2/c1-14(2)17-11-9-15(3)7-6-8-16(4)10-12-19-20(5,22-19)13-18(17)21/h8-9,11,14,19H,6-7,10,12-13H2,1-5H3/b15-9+,16-8+,17-11-/t19-,20+/m0/s1. The third-order valence-electron chi connectivity index (χ3n) is 4.87. The summed E-state index contributed by atoms with van der Waals surface area (Å²) in [6.07, 6.45) is 11.5. The molecule has 0 saturated carbocycles. The van der Waals surface area contributed by atoms with Gasteiger partial charge < -0.3 is 4.74 Å². The summed E-state index contributed by atoms with van der Waals surface area (Å²) in [4.78, 5) is 12.6. The number of Topliss-reactive ketones (excluding diaryl/α,β-unsaturated/α-hetero) is 1. The van der Waals surface area contributed by atoms with Gasteiger partial charge in [0.25, 0.3) is 0 Å². The highest BCUT2D eigenvalue weighted by molar-refractivity contribution is 5.96. The molecule has 2 rings (SSSR count). The Balaban J connectivity index is 2.23. The lowest BCUT2D eigenvalue weighted by atomic mass is 9.89. The van der Waals surface area contributed by atoms with E-state index in [0.717, 1.165) is 31.3 Å². The number of epoxide rings is 1. The van der Waals surface area contributed by atoms with Crippen LogP contribution in [0, 0.1) is 5.92 Å². The van der Waals surface area contributed by atoms with Crippen molar-refractivity contribution in [2.75, 3.05) is 0 Å². The summed E-state index contributed by atoms with van der Waals surface area (Å²) in [7, 11) is 0. The molecule has 1 aliphatic heterocycles. The molecule has 0 amide bonds. The van der Waals surface area contributed by atoms with Gasteiger partial charge in [0.15, 0.2) is 5.78 Å². The van der Waals surface area contributed by atoms with Crippen molar-refractivity contribution < 1.29 is 9.53 Å². The van der Waals surface area contributed by atoms with Gasteiger partial charge in [0.1, 0.15) is 0 Å². The van der Waals surface area contributed by atoms with E-state index in [0.29, 0.717) is 6.42 Å². The molecule has 1 aliphatic carbocycles. The number of rotatable bonds is 1. The number of fused-ring (bicyclic) bond motifs is 1. The van der Waals surface area contributed by atoms with E-state index in [1.165, 1.54) is 11.1 Å². The Bertz CT molecular complexity index is 522.